The smallest absolute Gasteiger partial charge is 0.241 e. The summed E-state index contributed by atoms with van der Waals surface area (Å²) >= 11 is 3.25. The molecule has 19 heavy (non-hydrogen) atoms. The van der Waals surface area contributed by atoms with Crippen LogP contribution in [0.3, 0.4) is 0 Å². The van der Waals surface area contributed by atoms with E-state index in [1.165, 1.54) is 6.07 Å². The Morgan fingerprint density at radius 1 is 1.42 bits per heavy atom. The molecule has 0 bridgehead atoms. The van der Waals surface area contributed by atoms with Gasteiger partial charge in [-0.2, -0.15) is 0 Å². The molecular formula is C13H19BrN2O2S. The molecule has 0 heterocycles. The van der Waals surface area contributed by atoms with Crippen molar-refractivity contribution in [1.29, 1.82) is 0 Å². The zero-order valence-corrected chi connectivity index (χ0v) is 13.4. The quantitative estimate of drug-likeness (QED) is 0.778. The third-order valence-electron chi connectivity index (χ3n) is 3.62. The largest absolute Gasteiger partial charge is 0.399 e. The predicted octanol–water partition coefficient (Wildman–Crippen LogP) is 2.89. The maximum atomic E-state index is 12.3. The molecule has 2 rings (SSSR count). The molecule has 1 aromatic carbocycles. The Morgan fingerprint density at radius 3 is 2.63 bits per heavy atom. The van der Waals surface area contributed by atoms with Crippen LogP contribution in [-0.4, -0.2) is 15.0 Å². The van der Waals surface area contributed by atoms with Gasteiger partial charge in [0.05, 0.1) is 4.90 Å². The Morgan fingerprint density at radius 2 is 2.11 bits per heavy atom. The summed E-state index contributed by atoms with van der Waals surface area (Å²) in [6.07, 6.45) is 4.41. The van der Waals surface area contributed by atoms with E-state index in [0.29, 0.717) is 16.7 Å². The second-order valence-corrected chi connectivity index (χ2v) is 7.85. The first-order valence-electron chi connectivity index (χ1n) is 6.43. The summed E-state index contributed by atoms with van der Waals surface area (Å²) in [6.45, 7) is 2.66. The van der Waals surface area contributed by atoms with Crippen LogP contribution in [0.2, 0.25) is 0 Å². The fourth-order valence-electron chi connectivity index (χ4n) is 2.28. The number of halogens is 1. The van der Waals surface area contributed by atoms with Gasteiger partial charge in [-0.25, -0.2) is 13.1 Å². The molecule has 0 aliphatic heterocycles. The number of nitrogens with one attached hydrogen (secondary N) is 1. The molecule has 0 radical (unpaired) electrons. The van der Waals surface area contributed by atoms with E-state index >= 15 is 0 Å². The van der Waals surface area contributed by atoms with Crippen LogP contribution in [0.4, 0.5) is 5.69 Å². The maximum Gasteiger partial charge on any atom is 0.241 e. The lowest BCUT2D eigenvalue weighted by atomic mass is 10.0. The standard InChI is InChI=1S/C13H19BrN2O2S/c1-2-5-13(6-7-13)9-16-19(17,18)12-4-3-10(15)8-11(12)14/h3-4,8,16H,2,5-7,9,15H2,1H3. The number of benzene rings is 1. The van der Waals surface area contributed by atoms with Gasteiger partial charge in [0.15, 0.2) is 0 Å². The fourth-order valence-corrected chi connectivity index (χ4v) is 4.53. The highest BCUT2D eigenvalue weighted by Crippen LogP contribution is 2.49. The molecular weight excluding hydrogens is 328 g/mol. The van der Waals surface area contributed by atoms with E-state index in [2.05, 4.69) is 27.6 Å². The molecule has 1 aliphatic rings. The van der Waals surface area contributed by atoms with Crippen molar-refractivity contribution in [2.24, 2.45) is 5.41 Å². The molecule has 1 aromatic rings. The van der Waals surface area contributed by atoms with E-state index in [0.717, 1.165) is 25.7 Å². The number of sulfonamides is 1. The molecule has 6 heteroatoms. The minimum atomic E-state index is -3.47. The molecule has 4 nitrogen and oxygen atoms in total. The second-order valence-electron chi connectivity index (χ2n) is 5.26. The molecule has 0 amide bonds. The summed E-state index contributed by atoms with van der Waals surface area (Å²) < 4.78 is 27.7. The number of nitrogens with two attached hydrogens (primary N) is 1. The lowest BCUT2D eigenvalue weighted by Gasteiger charge is -2.15. The van der Waals surface area contributed by atoms with Crippen molar-refractivity contribution in [2.45, 2.75) is 37.5 Å². The highest BCUT2D eigenvalue weighted by atomic mass is 79.9. The lowest BCUT2D eigenvalue weighted by Crippen LogP contribution is -2.30. The summed E-state index contributed by atoms with van der Waals surface area (Å²) in [6, 6.07) is 4.73. The van der Waals surface area contributed by atoms with Crippen LogP contribution in [0.5, 0.6) is 0 Å². The molecule has 1 aliphatic carbocycles. The fraction of sp³-hybridized carbons (Fsp3) is 0.538. The summed E-state index contributed by atoms with van der Waals surface area (Å²) in [5, 5.41) is 0. The lowest BCUT2D eigenvalue weighted by molar-refractivity contribution is 0.449. The molecule has 1 fully saturated rings. The monoisotopic (exact) mass is 346 g/mol. The van der Waals surface area contributed by atoms with E-state index < -0.39 is 10.0 Å². The average Bonchev–Trinajstić information content (AvgIpc) is 3.07. The first-order valence-corrected chi connectivity index (χ1v) is 8.71. The van der Waals surface area contributed by atoms with E-state index in [-0.39, 0.29) is 10.3 Å². The van der Waals surface area contributed by atoms with Crippen molar-refractivity contribution in [3.05, 3.63) is 22.7 Å². The van der Waals surface area contributed by atoms with Crippen LogP contribution in [0.25, 0.3) is 0 Å². The van der Waals surface area contributed by atoms with E-state index in [1.54, 1.807) is 12.1 Å². The van der Waals surface area contributed by atoms with Crippen molar-refractivity contribution < 1.29 is 8.42 Å². The first-order chi connectivity index (χ1) is 8.88. The van der Waals surface area contributed by atoms with Gasteiger partial charge in [0, 0.05) is 16.7 Å². The third-order valence-corrected chi connectivity index (χ3v) is 6.00. The summed E-state index contributed by atoms with van der Waals surface area (Å²) in [5.74, 6) is 0. The Kier molecular flexibility index (Phi) is 4.23. The third kappa shape index (κ3) is 3.49. The maximum absolute atomic E-state index is 12.3. The number of hydrogen-bond donors (Lipinski definition) is 2. The number of hydrogen-bond acceptors (Lipinski definition) is 3. The van der Waals surface area contributed by atoms with Gasteiger partial charge in [0.1, 0.15) is 0 Å². The zero-order valence-electron chi connectivity index (χ0n) is 10.9. The van der Waals surface area contributed by atoms with Gasteiger partial charge in [0.25, 0.3) is 0 Å². The minimum absolute atomic E-state index is 0.197. The predicted molar refractivity (Wildman–Crippen MR) is 80.3 cm³/mol. The Labute approximate surface area is 122 Å². The number of rotatable bonds is 6. The van der Waals surface area contributed by atoms with Gasteiger partial charge in [-0.05, 0) is 58.8 Å². The minimum Gasteiger partial charge on any atom is -0.399 e. The Hall–Kier alpha value is -0.590. The van der Waals surface area contributed by atoms with Crippen LogP contribution in [0.15, 0.2) is 27.6 Å². The molecule has 0 spiro atoms. The summed E-state index contributed by atoms with van der Waals surface area (Å²) in [5.41, 5.74) is 6.35. The van der Waals surface area contributed by atoms with Gasteiger partial charge in [0.2, 0.25) is 10.0 Å². The number of nitrogen functional groups attached to an aromatic ring is 1. The van der Waals surface area contributed by atoms with Crippen LogP contribution in [-0.2, 0) is 10.0 Å². The van der Waals surface area contributed by atoms with Crippen molar-refractivity contribution in [1.82, 2.24) is 4.72 Å². The van der Waals surface area contributed by atoms with Gasteiger partial charge in [-0.15, -0.1) is 0 Å². The summed E-state index contributed by atoms with van der Waals surface area (Å²) in [7, 11) is -3.47. The second kappa shape index (κ2) is 5.42. The van der Waals surface area contributed by atoms with Gasteiger partial charge in [-0.1, -0.05) is 13.3 Å². The molecule has 0 unspecified atom stereocenters. The van der Waals surface area contributed by atoms with Gasteiger partial charge in [-0.3, -0.25) is 0 Å². The van der Waals surface area contributed by atoms with Crippen LogP contribution < -0.4 is 10.5 Å². The highest BCUT2D eigenvalue weighted by molar-refractivity contribution is 9.10. The van der Waals surface area contributed by atoms with Crippen molar-refractivity contribution in [3.63, 3.8) is 0 Å². The molecule has 0 aromatic heterocycles. The van der Waals surface area contributed by atoms with Crippen molar-refractivity contribution in [2.75, 3.05) is 12.3 Å². The SMILES string of the molecule is CCCC1(CNS(=O)(=O)c2ccc(N)cc2Br)CC1. The molecule has 0 atom stereocenters. The molecule has 0 saturated heterocycles. The first kappa shape index (κ1) is 14.8. The number of anilines is 1. The van der Waals surface area contributed by atoms with Crippen molar-refractivity contribution >= 4 is 31.6 Å². The van der Waals surface area contributed by atoms with Crippen LogP contribution in [0, 0.1) is 5.41 Å². The average molecular weight is 347 g/mol. The van der Waals surface area contributed by atoms with E-state index in [4.69, 9.17) is 5.73 Å². The zero-order chi connectivity index (χ0) is 14.1. The summed E-state index contributed by atoms with van der Waals surface area (Å²) in [4.78, 5) is 0.244. The Balaban J connectivity index is 2.10. The van der Waals surface area contributed by atoms with Gasteiger partial charge >= 0.3 is 0 Å². The highest BCUT2D eigenvalue weighted by Gasteiger charge is 2.42. The molecule has 106 valence electrons. The van der Waals surface area contributed by atoms with Crippen molar-refractivity contribution in [3.8, 4) is 0 Å². The Bertz CT molecular complexity index is 568. The van der Waals surface area contributed by atoms with Crippen LogP contribution in [0.1, 0.15) is 32.6 Å². The van der Waals surface area contributed by atoms with Crippen LogP contribution >= 0.6 is 15.9 Å². The van der Waals surface area contributed by atoms with Gasteiger partial charge < -0.3 is 5.73 Å². The topological polar surface area (TPSA) is 72.2 Å². The molecule has 3 N–H and O–H groups in total. The molecule has 1 saturated carbocycles. The normalized spacial score (nSPS) is 17.4. The van der Waals surface area contributed by atoms with E-state index in [1.807, 2.05) is 0 Å². The van der Waals surface area contributed by atoms with E-state index in [9.17, 15) is 8.42 Å².